The molecule has 1 amide bonds. The Morgan fingerprint density at radius 3 is 3.14 bits per heavy atom. The van der Waals surface area contributed by atoms with E-state index in [2.05, 4.69) is 10.3 Å². The van der Waals surface area contributed by atoms with Crippen molar-refractivity contribution in [1.82, 2.24) is 15.2 Å². The van der Waals surface area contributed by atoms with Gasteiger partial charge in [0.2, 0.25) is 0 Å². The van der Waals surface area contributed by atoms with Crippen LogP contribution in [0.1, 0.15) is 15.9 Å². The highest BCUT2D eigenvalue weighted by Gasteiger charge is 2.28. The number of nitrogens with zero attached hydrogens (tertiary/aromatic N) is 2. The van der Waals surface area contributed by atoms with Gasteiger partial charge in [0, 0.05) is 25.9 Å². The summed E-state index contributed by atoms with van der Waals surface area (Å²) in [6, 6.07) is 1.91. The summed E-state index contributed by atoms with van der Waals surface area (Å²) in [5.41, 5.74) is 1.80. The van der Waals surface area contributed by atoms with E-state index in [0.29, 0.717) is 0 Å². The van der Waals surface area contributed by atoms with Crippen LogP contribution in [0.4, 0.5) is 0 Å². The molecule has 1 N–H and O–H groups in total. The van der Waals surface area contributed by atoms with Gasteiger partial charge in [-0.15, -0.1) is 0 Å². The lowest BCUT2D eigenvalue weighted by Gasteiger charge is -2.33. The summed E-state index contributed by atoms with van der Waals surface area (Å²) in [6.07, 6.45) is 4.30. The average Bonchev–Trinajstić information content (AvgIpc) is 2.23. The number of rotatable bonds is 1. The van der Waals surface area contributed by atoms with E-state index in [9.17, 15) is 4.79 Å². The van der Waals surface area contributed by atoms with Crippen LogP contribution in [-0.4, -0.2) is 36.1 Å². The molecule has 1 unspecified atom stereocenters. The van der Waals surface area contributed by atoms with Gasteiger partial charge in [-0.3, -0.25) is 9.78 Å². The molecule has 0 bridgehead atoms. The first kappa shape index (κ1) is 9.15. The highest BCUT2D eigenvalue weighted by Crippen LogP contribution is 2.19. The van der Waals surface area contributed by atoms with Crippen LogP contribution >= 0.6 is 0 Å². The van der Waals surface area contributed by atoms with Crippen LogP contribution in [0.3, 0.4) is 0 Å². The lowest BCUT2D eigenvalue weighted by atomic mass is 9.99. The fourth-order valence-electron chi connectivity index (χ4n) is 1.77. The second-order valence-corrected chi connectivity index (χ2v) is 3.46. The smallest absolute Gasteiger partial charge is 0.256 e. The van der Waals surface area contributed by atoms with Gasteiger partial charge >= 0.3 is 0 Å². The van der Waals surface area contributed by atoms with Gasteiger partial charge in [-0.25, -0.2) is 0 Å². The van der Waals surface area contributed by atoms with E-state index in [0.717, 1.165) is 17.5 Å². The number of likely N-dealkylation sites (N-methyl/N-ethyl adjacent to an activating group) is 2. The predicted octanol–water partition coefficient (Wildman–Crippen LogP) is 0.255. The zero-order valence-corrected chi connectivity index (χ0v) is 8.32. The van der Waals surface area contributed by atoms with Gasteiger partial charge in [0.15, 0.2) is 0 Å². The highest BCUT2D eigenvalue weighted by molar-refractivity contribution is 5.96. The lowest BCUT2D eigenvalue weighted by molar-refractivity contribution is 0.0681. The van der Waals surface area contributed by atoms with Crippen molar-refractivity contribution in [1.29, 1.82) is 0 Å². The second kappa shape index (κ2) is 3.38. The molecule has 1 aromatic rings. The third-order valence-electron chi connectivity index (χ3n) is 2.68. The van der Waals surface area contributed by atoms with Gasteiger partial charge < -0.3 is 10.2 Å². The van der Waals surface area contributed by atoms with E-state index < -0.39 is 0 Å². The van der Waals surface area contributed by atoms with Gasteiger partial charge in [0.05, 0.1) is 11.7 Å². The Kier molecular flexibility index (Phi) is 2.21. The first-order valence-electron chi connectivity index (χ1n) is 4.61. The minimum Gasteiger partial charge on any atom is -0.326 e. The maximum Gasteiger partial charge on any atom is 0.256 e. The van der Waals surface area contributed by atoms with Crippen molar-refractivity contribution < 1.29 is 4.79 Å². The van der Waals surface area contributed by atoms with Crippen molar-refractivity contribution >= 4 is 5.91 Å². The molecule has 0 aliphatic carbocycles. The molecule has 2 heterocycles. The molecule has 0 aromatic carbocycles. The summed E-state index contributed by atoms with van der Waals surface area (Å²) in [4.78, 5) is 17.5. The SMILES string of the molecule is CNC1Cc2ccncc2C(=O)N1C. The molecule has 0 spiro atoms. The number of nitrogens with one attached hydrogen (secondary N) is 1. The van der Waals surface area contributed by atoms with Gasteiger partial charge in [0.25, 0.3) is 5.91 Å². The minimum absolute atomic E-state index is 0.0405. The minimum atomic E-state index is 0.0405. The number of amides is 1. The Bertz CT molecular complexity index is 364. The molecule has 0 radical (unpaired) electrons. The normalized spacial score (nSPS) is 20.9. The molecular weight excluding hydrogens is 178 g/mol. The van der Waals surface area contributed by atoms with Gasteiger partial charge in [-0.2, -0.15) is 0 Å². The highest BCUT2D eigenvalue weighted by atomic mass is 16.2. The Morgan fingerprint density at radius 2 is 2.43 bits per heavy atom. The lowest BCUT2D eigenvalue weighted by Crippen LogP contribution is -2.49. The number of aromatic nitrogens is 1. The molecule has 74 valence electrons. The Hall–Kier alpha value is -1.42. The van der Waals surface area contributed by atoms with Crippen molar-refractivity contribution in [2.24, 2.45) is 0 Å². The van der Waals surface area contributed by atoms with Gasteiger partial charge in [0.1, 0.15) is 0 Å². The summed E-state index contributed by atoms with van der Waals surface area (Å²) in [7, 11) is 3.67. The summed E-state index contributed by atoms with van der Waals surface area (Å²) < 4.78 is 0. The maximum absolute atomic E-state index is 11.8. The van der Waals surface area contributed by atoms with Crippen LogP contribution < -0.4 is 5.32 Å². The van der Waals surface area contributed by atoms with E-state index in [1.54, 1.807) is 24.3 Å². The quantitative estimate of drug-likeness (QED) is 0.692. The van der Waals surface area contributed by atoms with Crippen LogP contribution in [0.2, 0.25) is 0 Å². The van der Waals surface area contributed by atoms with Crippen LogP contribution in [-0.2, 0) is 6.42 Å². The first-order valence-corrected chi connectivity index (χ1v) is 4.61. The first-order chi connectivity index (χ1) is 6.74. The number of pyridine rings is 1. The van der Waals surface area contributed by atoms with E-state index in [1.807, 2.05) is 13.1 Å². The predicted molar refractivity (Wildman–Crippen MR) is 52.9 cm³/mol. The number of hydrogen-bond donors (Lipinski definition) is 1. The van der Waals surface area contributed by atoms with Gasteiger partial charge in [-0.1, -0.05) is 0 Å². The Morgan fingerprint density at radius 1 is 1.64 bits per heavy atom. The zero-order chi connectivity index (χ0) is 10.1. The average molecular weight is 191 g/mol. The van der Waals surface area contributed by atoms with E-state index in [-0.39, 0.29) is 12.1 Å². The molecule has 2 rings (SSSR count). The molecule has 0 saturated carbocycles. The van der Waals surface area contributed by atoms with Crippen LogP contribution in [0.25, 0.3) is 0 Å². The summed E-state index contributed by atoms with van der Waals surface area (Å²) >= 11 is 0. The summed E-state index contributed by atoms with van der Waals surface area (Å²) in [5.74, 6) is 0.0405. The fraction of sp³-hybridized carbons (Fsp3) is 0.400. The van der Waals surface area contributed by atoms with Crippen LogP contribution in [0.5, 0.6) is 0 Å². The molecule has 1 aliphatic rings. The Labute approximate surface area is 82.9 Å². The second-order valence-electron chi connectivity index (χ2n) is 3.46. The van der Waals surface area contributed by atoms with E-state index >= 15 is 0 Å². The van der Waals surface area contributed by atoms with Crippen molar-refractivity contribution in [3.63, 3.8) is 0 Å². The summed E-state index contributed by atoms with van der Waals surface area (Å²) in [6.45, 7) is 0. The largest absolute Gasteiger partial charge is 0.326 e. The van der Waals surface area contributed by atoms with E-state index in [4.69, 9.17) is 0 Å². The molecular formula is C10H13N3O. The summed E-state index contributed by atoms with van der Waals surface area (Å²) in [5, 5.41) is 3.11. The van der Waals surface area contributed by atoms with Crippen molar-refractivity contribution in [3.05, 3.63) is 29.6 Å². The topological polar surface area (TPSA) is 45.2 Å². The molecule has 1 atom stereocenters. The van der Waals surface area contributed by atoms with Crippen molar-refractivity contribution in [3.8, 4) is 0 Å². The third kappa shape index (κ3) is 1.28. The maximum atomic E-state index is 11.8. The molecule has 0 saturated heterocycles. The number of carbonyl (C=O) groups excluding carboxylic acids is 1. The monoisotopic (exact) mass is 191 g/mol. The molecule has 0 fully saturated rings. The molecule has 14 heavy (non-hydrogen) atoms. The number of hydrogen-bond acceptors (Lipinski definition) is 3. The Balaban J connectivity index is 2.42. The standard InChI is InChI=1S/C10H13N3O/c1-11-9-5-7-3-4-12-6-8(7)10(14)13(9)2/h3-4,6,9,11H,5H2,1-2H3. The van der Waals surface area contributed by atoms with E-state index in [1.165, 1.54) is 0 Å². The molecule has 1 aliphatic heterocycles. The zero-order valence-electron chi connectivity index (χ0n) is 8.32. The third-order valence-corrected chi connectivity index (χ3v) is 2.68. The molecule has 1 aromatic heterocycles. The van der Waals surface area contributed by atoms with Crippen molar-refractivity contribution in [2.45, 2.75) is 12.6 Å². The van der Waals surface area contributed by atoms with Crippen LogP contribution in [0, 0.1) is 0 Å². The molecule has 4 heteroatoms. The van der Waals surface area contributed by atoms with Gasteiger partial charge in [-0.05, 0) is 18.7 Å². The number of carbonyl (C=O) groups is 1. The fourth-order valence-corrected chi connectivity index (χ4v) is 1.77. The number of fused-ring (bicyclic) bond motifs is 1. The van der Waals surface area contributed by atoms with Crippen molar-refractivity contribution in [2.75, 3.05) is 14.1 Å². The van der Waals surface area contributed by atoms with Crippen LogP contribution in [0.15, 0.2) is 18.5 Å². The molecule has 4 nitrogen and oxygen atoms in total.